The molecule has 19 heavy (non-hydrogen) atoms. The number of aliphatic hydroxyl groups is 1. The van der Waals surface area contributed by atoms with E-state index in [1.165, 1.54) is 20.5 Å². The predicted molar refractivity (Wildman–Crippen MR) is 77.6 cm³/mol. The van der Waals surface area contributed by atoms with Crippen LogP contribution in [0.2, 0.25) is 4.18 Å². The zero-order valence-electron chi connectivity index (χ0n) is 11.2. The predicted octanol–water partition coefficient (Wildman–Crippen LogP) is 1.74. The van der Waals surface area contributed by atoms with E-state index >= 15 is 0 Å². The number of rotatable bonds is 3. The molecule has 4 nitrogen and oxygen atoms in total. The minimum atomic E-state index is -1.72. The summed E-state index contributed by atoms with van der Waals surface area (Å²) in [5.41, 5.74) is -0.794. The first-order valence-electron chi connectivity index (χ1n) is 7.25. The summed E-state index contributed by atoms with van der Waals surface area (Å²) < 4.78 is 5.01. The Kier molecular flexibility index (Phi) is 4.12. The van der Waals surface area contributed by atoms with E-state index in [0.29, 0.717) is 5.95 Å². The molecule has 0 spiro atoms. The van der Waals surface area contributed by atoms with Crippen LogP contribution in [0.25, 0.3) is 0 Å². The third-order valence-corrected chi connectivity index (χ3v) is 12.0. The van der Waals surface area contributed by atoms with Gasteiger partial charge in [-0.25, -0.2) is 0 Å². The number of nitrogens with zero attached hydrogens (tertiary/aromatic N) is 2. The fourth-order valence-electron chi connectivity index (χ4n) is 2.99. The first-order chi connectivity index (χ1) is 9.25. The van der Waals surface area contributed by atoms with E-state index in [4.69, 9.17) is 0 Å². The molecule has 1 aliphatic carbocycles. The van der Waals surface area contributed by atoms with Crippen molar-refractivity contribution in [1.82, 2.24) is 9.97 Å². The van der Waals surface area contributed by atoms with Gasteiger partial charge < -0.3 is 0 Å². The van der Waals surface area contributed by atoms with Gasteiger partial charge in [0.15, 0.2) is 0 Å². The van der Waals surface area contributed by atoms with Crippen LogP contribution in [-0.2, 0) is 0 Å². The van der Waals surface area contributed by atoms with E-state index in [0.717, 1.165) is 25.7 Å². The van der Waals surface area contributed by atoms with Gasteiger partial charge in [-0.3, -0.25) is 0 Å². The average Bonchev–Trinajstić information content (AvgIpc) is 2.93. The molecule has 1 saturated carbocycles. The zero-order chi connectivity index (χ0) is 13.1. The average molecular weight is 361 g/mol. The number of hydrogen-bond acceptors (Lipinski definition) is 4. The number of allylic oxidation sites excluding steroid dienone is 1. The number of anilines is 1. The van der Waals surface area contributed by atoms with E-state index in [2.05, 4.69) is 31.3 Å². The monoisotopic (exact) mass is 361 g/mol. The second kappa shape index (κ2) is 5.83. The third-order valence-electron chi connectivity index (χ3n) is 4.09. The van der Waals surface area contributed by atoms with Crippen molar-refractivity contribution in [2.45, 2.75) is 48.4 Å². The molecule has 1 fully saturated rings. The van der Waals surface area contributed by atoms with Crippen LogP contribution in [0.5, 0.6) is 0 Å². The number of nitrogens with one attached hydrogen (secondary N) is 1. The third kappa shape index (κ3) is 3.31. The fourth-order valence-corrected chi connectivity index (χ4v) is 9.78. The summed E-state index contributed by atoms with van der Waals surface area (Å²) in [6.45, 7) is 0. The van der Waals surface area contributed by atoms with Crippen LogP contribution >= 0.6 is 0 Å². The van der Waals surface area contributed by atoms with E-state index in [1.807, 2.05) is 6.20 Å². The second-order valence-electron chi connectivity index (χ2n) is 5.63. The molecule has 3 rings (SSSR count). The van der Waals surface area contributed by atoms with Crippen molar-refractivity contribution >= 4 is 30.8 Å². The van der Waals surface area contributed by atoms with E-state index in [9.17, 15) is 5.11 Å². The first-order valence-corrected chi connectivity index (χ1v) is 13.1. The molecular formula is C14H20InN3O. The van der Waals surface area contributed by atoms with Gasteiger partial charge in [0.25, 0.3) is 0 Å². The van der Waals surface area contributed by atoms with Gasteiger partial charge >= 0.3 is 122 Å². The molecule has 2 heterocycles. The van der Waals surface area contributed by atoms with Gasteiger partial charge in [0, 0.05) is 0 Å². The van der Waals surface area contributed by atoms with E-state index in [1.54, 1.807) is 0 Å². The molecule has 2 N–H and O–H groups in total. The molecule has 0 aromatic carbocycles. The zero-order valence-corrected chi connectivity index (χ0v) is 14.5. The molecule has 0 unspecified atom stereocenters. The van der Waals surface area contributed by atoms with Gasteiger partial charge in [-0.15, -0.1) is 0 Å². The molecule has 100 valence electrons. The Labute approximate surface area is 121 Å². The molecule has 0 bridgehead atoms. The van der Waals surface area contributed by atoms with Gasteiger partial charge in [0.05, 0.1) is 0 Å². The molecule has 0 radical (unpaired) electrons. The van der Waals surface area contributed by atoms with Crippen LogP contribution in [0.1, 0.15) is 38.5 Å². The summed E-state index contributed by atoms with van der Waals surface area (Å²) in [5.74, 6) is 0.610. The second-order valence-corrected chi connectivity index (χ2v) is 13.5. The first kappa shape index (κ1) is 13.4. The van der Waals surface area contributed by atoms with Crippen LogP contribution in [-0.4, -0.2) is 42.2 Å². The summed E-state index contributed by atoms with van der Waals surface area (Å²) in [6.07, 6.45) is 10.3. The van der Waals surface area contributed by atoms with Gasteiger partial charge in [0.2, 0.25) is 0 Å². The van der Waals surface area contributed by atoms with Gasteiger partial charge in [-0.05, 0) is 0 Å². The normalized spacial score (nSPS) is 21.6. The molecule has 0 amide bonds. The van der Waals surface area contributed by atoms with Gasteiger partial charge in [-0.2, -0.15) is 0 Å². The number of hydrogen-bond donors (Lipinski definition) is 2. The molecule has 1 aromatic heterocycles. The Morgan fingerprint density at radius 1 is 1.26 bits per heavy atom. The molecule has 1 aromatic rings. The molecule has 5 heteroatoms. The van der Waals surface area contributed by atoms with E-state index < -0.39 is 27.2 Å². The van der Waals surface area contributed by atoms with Crippen molar-refractivity contribution in [1.29, 1.82) is 0 Å². The van der Waals surface area contributed by atoms with Crippen LogP contribution in [0.15, 0.2) is 22.2 Å². The quantitative estimate of drug-likeness (QED) is 0.806. The Balaban J connectivity index is 1.73. The van der Waals surface area contributed by atoms with Crippen molar-refractivity contribution in [3.05, 3.63) is 22.2 Å². The molecule has 0 atom stereocenters. The molecule has 2 aliphatic rings. The van der Waals surface area contributed by atoms with E-state index in [-0.39, 0.29) is 0 Å². The fraction of sp³-hybridized carbons (Fsp3) is 0.571. The standard InChI is InChI=1S/C10H14N3O.C4H6.In/c14-10(5-2-1-3-6-10)13-9-11-7-4-8-12-9;1-3-4-2;/h4,7,14H,1-3,5-6H2,(H,11,12,13);1,3H,2,4H2;. The van der Waals surface area contributed by atoms with Gasteiger partial charge in [0.1, 0.15) is 0 Å². The van der Waals surface area contributed by atoms with Crippen molar-refractivity contribution < 1.29 is 5.11 Å². The van der Waals surface area contributed by atoms with Crippen molar-refractivity contribution in [3.8, 4) is 0 Å². The van der Waals surface area contributed by atoms with Crippen LogP contribution in [0.4, 0.5) is 5.95 Å². The summed E-state index contributed by atoms with van der Waals surface area (Å²) in [6, 6.07) is 2.06. The van der Waals surface area contributed by atoms with Crippen LogP contribution < -0.4 is 8.77 Å². The molecule has 1 aliphatic heterocycles. The summed E-state index contributed by atoms with van der Waals surface area (Å²) in [4.78, 5) is 8.93. The van der Waals surface area contributed by atoms with Crippen molar-refractivity contribution in [3.63, 3.8) is 0 Å². The van der Waals surface area contributed by atoms with Gasteiger partial charge in [-0.1, -0.05) is 0 Å². The maximum atomic E-state index is 10.5. The maximum absolute atomic E-state index is 10.5. The summed E-state index contributed by atoms with van der Waals surface area (Å²) >= 11 is -1.72. The number of aromatic nitrogens is 2. The SMILES string of the molecule is OC1(Nc2ncc[c]([In]3[CH]=CC[CH2]3)n2)CCCCC1. The Hall–Kier alpha value is -0.550. The molecule has 0 saturated heterocycles. The van der Waals surface area contributed by atoms with Crippen LogP contribution in [0, 0.1) is 0 Å². The van der Waals surface area contributed by atoms with Crippen molar-refractivity contribution in [2.24, 2.45) is 0 Å². The van der Waals surface area contributed by atoms with Crippen LogP contribution in [0.3, 0.4) is 0 Å². The van der Waals surface area contributed by atoms with Crippen molar-refractivity contribution in [2.75, 3.05) is 5.32 Å². The Bertz CT molecular complexity index is 472. The Morgan fingerprint density at radius 3 is 2.84 bits per heavy atom. The summed E-state index contributed by atoms with van der Waals surface area (Å²) in [5, 5.41) is 13.7. The minimum absolute atomic E-state index is 0.610. The Morgan fingerprint density at radius 2 is 2.11 bits per heavy atom. The summed E-state index contributed by atoms with van der Waals surface area (Å²) in [7, 11) is 0. The topological polar surface area (TPSA) is 58.0 Å². The molecular weight excluding hydrogens is 341 g/mol.